The number of carbonyl (C=O) groups is 1. The van der Waals surface area contributed by atoms with Crippen LogP contribution in [0.4, 0.5) is 0 Å². The van der Waals surface area contributed by atoms with Gasteiger partial charge in [0.15, 0.2) is 5.78 Å². The lowest BCUT2D eigenvalue weighted by Gasteiger charge is -2.31. The van der Waals surface area contributed by atoms with E-state index in [0.717, 1.165) is 12.8 Å². The van der Waals surface area contributed by atoms with E-state index in [9.17, 15) is 9.90 Å². The van der Waals surface area contributed by atoms with Crippen LogP contribution < -0.4 is 0 Å². The van der Waals surface area contributed by atoms with Gasteiger partial charge in [-0.3, -0.25) is 4.79 Å². The molecule has 2 heteroatoms. The summed E-state index contributed by atoms with van der Waals surface area (Å²) >= 11 is 0. The number of Topliss-reactive ketones (excluding diaryl/α,β-unsaturated/α-hetero) is 1. The normalized spacial score (nSPS) is 41.1. The zero-order chi connectivity index (χ0) is 12.0. The highest BCUT2D eigenvalue weighted by atomic mass is 16.3. The van der Waals surface area contributed by atoms with Crippen molar-refractivity contribution in [2.24, 2.45) is 23.7 Å². The maximum absolute atomic E-state index is 11.7. The zero-order valence-corrected chi connectivity index (χ0v) is 10.3. The quantitative estimate of drug-likeness (QED) is 0.759. The summed E-state index contributed by atoms with van der Waals surface area (Å²) in [6.45, 7) is 2.20. The molecule has 0 radical (unpaired) electrons. The van der Waals surface area contributed by atoms with E-state index in [1.54, 1.807) is 0 Å². The van der Waals surface area contributed by atoms with Gasteiger partial charge < -0.3 is 5.11 Å². The Morgan fingerprint density at radius 1 is 1.41 bits per heavy atom. The van der Waals surface area contributed by atoms with Gasteiger partial charge in [-0.25, -0.2) is 0 Å². The predicted octanol–water partition coefficient (Wildman–Crippen LogP) is 2.48. The van der Waals surface area contributed by atoms with Crippen LogP contribution >= 0.6 is 0 Å². The van der Waals surface area contributed by atoms with Crippen molar-refractivity contribution < 1.29 is 9.90 Å². The lowest BCUT2D eigenvalue weighted by molar-refractivity contribution is -0.116. The van der Waals surface area contributed by atoms with E-state index in [4.69, 9.17) is 0 Å². The smallest absolute Gasteiger partial charge is 0.161 e. The average Bonchev–Trinajstić information content (AvgIpc) is 3.01. The zero-order valence-electron chi connectivity index (χ0n) is 10.3. The van der Waals surface area contributed by atoms with Crippen LogP contribution in [-0.2, 0) is 4.79 Å². The fourth-order valence-electron chi connectivity index (χ4n) is 4.12. The van der Waals surface area contributed by atoms with Crippen LogP contribution in [0.25, 0.3) is 0 Å². The molecule has 0 aromatic rings. The molecule has 1 fully saturated rings. The van der Waals surface area contributed by atoms with Crippen molar-refractivity contribution in [3.8, 4) is 0 Å². The first-order chi connectivity index (χ1) is 8.22. The lowest BCUT2D eigenvalue weighted by Crippen LogP contribution is -2.33. The van der Waals surface area contributed by atoms with Gasteiger partial charge in [0.25, 0.3) is 0 Å². The highest BCUT2D eigenvalue weighted by Gasteiger charge is 2.48. The standard InChI is InChI=1S/C15H20O2/c1-2-11-9-6-7-10(8-9)14(11)15(17)12-4-3-5-13(12)16/h4,6-7,9-11,14-15,17H,2-3,5,8H2,1H3. The average molecular weight is 232 g/mol. The van der Waals surface area contributed by atoms with Crippen LogP contribution in [0, 0.1) is 23.7 Å². The molecule has 1 N–H and O–H groups in total. The first-order valence-electron chi connectivity index (χ1n) is 6.82. The van der Waals surface area contributed by atoms with Gasteiger partial charge in [0.2, 0.25) is 0 Å². The molecular formula is C15H20O2. The molecule has 0 amide bonds. The SMILES string of the molecule is CCC1C2C=CC(C2)C1C(O)C1=CCCC1=O. The van der Waals surface area contributed by atoms with Crippen molar-refractivity contribution in [1.29, 1.82) is 0 Å². The second-order valence-electron chi connectivity index (χ2n) is 5.66. The summed E-state index contributed by atoms with van der Waals surface area (Å²) in [6, 6.07) is 0. The monoisotopic (exact) mass is 232 g/mol. The Balaban J connectivity index is 1.84. The van der Waals surface area contributed by atoms with E-state index in [2.05, 4.69) is 19.1 Å². The summed E-state index contributed by atoms with van der Waals surface area (Å²) in [6.07, 6.45) is 9.71. The number of carbonyl (C=O) groups excluding carboxylic acids is 1. The molecular weight excluding hydrogens is 212 g/mol. The molecule has 1 saturated carbocycles. The van der Waals surface area contributed by atoms with Crippen LogP contribution in [0.1, 0.15) is 32.6 Å². The van der Waals surface area contributed by atoms with Crippen LogP contribution in [0.2, 0.25) is 0 Å². The molecule has 3 rings (SSSR count). The van der Waals surface area contributed by atoms with Crippen molar-refractivity contribution in [2.75, 3.05) is 0 Å². The summed E-state index contributed by atoms with van der Waals surface area (Å²) in [4.78, 5) is 11.7. The van der Waals surface area contributed by atoms with Gasteiger partial charge in [0, 0.05) is 12.0 Å². The Kier molecular flexibility index (Phi) is 2.70. The minimum Gasteiger partial charge on any atom is -0.388 e. The maximum atomic E-state index is 11.7. The Labute approximate surface area is 102 Å². The summed E-state index contributed by atoms with van der Waals surface area (Å²) in [5.74, 6) is 2.15. The van der Waals surface area contributed by atoms with E-state index in [-0.39, 0.29) is 11.7 Å². The summed E-state index contributed by atoms with van der Waals surface area (Å²) in [5.41, 5.74) is 0.703. The number of allylic oxidation sites excluding steroid dienone is 3. The van der Waals surface area contributed by atoms with Crippen LogP contribution in [0.15, 0.2) is 23.8 Å². The fourth-order valence-corrected chi connectivity index (χ4v) is 4.12. The van der Waals surface area contributed by atoms with Crippen molar-refractivity contribution in [1.82, 2.24) is 0 Å². The number of aliphatic hydroxyl groups is 1. The van der Waals surface area contributed by atoms with E-state index >= 15 is 0 Å². The Hall–Kier alpha value is -0.890. The molecule has 17 heavy (non-hydrogen) atoms. The molecule has 0 aliphatic heterocycles. The number of ketones is 1. The van der Waals surface area contributed by atoms with Gasteiger partial charge >= 0.3 is 0 Å². The lowest BCUT2D eigenvalue weighted by atomic mass is 9.76. The molecule has 5 unspecified atom stereocenters. The molecule has 0 aromatic heterocycles. The number of fused-ring (bicyclic) bond motifs is 2. The van der Waals surface area contributed by atoms with Crippen LogP contribution in [-0.4, -0.2) is 17.0 Å². The van der Waals surface area contributed by atoms with Gasteiger partial charge in [-0.05, 0) is 36.5 Å². The highest BCUT2D eigenvalue weighted by Crippen LogP contribution is 2.51. The number of aliphatic hydroxyl groups excluding tert-OH is 1. The number of hydrogen-bond donors (Lipinski definition) is 1. The van der Waals surface area contributed by atoms with Gasteiger partial charge in [-0.1, -0.05) is 31.6 Å². The molecule has 0 spiro atoms. The molecule has 0 saturated heterocycles. The van der Waals surface area contributed by atoms with Crippen molar-refractivity contribution in [2.45, 2.75) is 38.7 Å². The number of rotatable bonds is 3. The van der Waals surface area contributed by atoms with Gasteiger partial charge in [-0.15, -0.1) is 0 Å². The second kappa shape index (κ2) is 4.09. The fraction of sp³-hybridized carbons (Fsp3) is 0.667. The van der Waals surface area contributed by atoms with Gasteiger partial charge in [0.1, 0.15) is 0 Å². The van der Waals surface area contributed by atoms with Gasteiger partial charge in [0.05, 0.1) is 6.10 Å². The summed E-state index contributed by atoms with van der Waals surface area (Å²) in [5, 5.41) is 10.5. The third-order valence-corrected chi connectivity index (χ3v) is 4.90. The Morgan fingerprint density at radius 3 is 2.82 bits per heavy atom. The third-order valence-electron chi connectivity index (χ3n) is 4.90. The topological polar surface area (TPSA) is 37.3 Å². The first kappa shape index (κ1) is 11.2. The van der Waals surface area contributed by atoms with Crippen molar-refractivity contribution in [3.05, 3.63) is 23.8 Å². The van der Waals surface area contributed by atoms with E-state index < -0.39 is 6.10 Å². The Bertz CT molecular complexity index is 394. The van der Waals surface area contributed by atoms with E-state index in [1.807, 2.05) is 6.08 Å². The highest BCUT2D eigenvalue weighted by molar-refractivity contribution is 5.98. The summed E-state index contributed by atoms with van der Waals surface area (Å²) < 4.78 is 0. The third kappa shape index (κ3) is 1.61. The molecule has 5 atom stereocenters. The Morgan fingerprint density at radius 2 is 2.18 bits per heavy atom. The van der Waals surface area contributed by atoms with Gasteiger partial charge in [-0.2, -0.15) is 0 Å². The predicted molar refractivity (Wildman–Crippen MR) is 66.3 cm³/mol. The van der Waals surface area contributed by atoms with E-state index in [0.29, 0.717) is 29.7 Å². The summed E-state index contributed by atoms with van der Waals surface area (Å²) in [7, 11) is 0. The molecule has 92 valence electrons. The number of hydrogen-bond acceptors (Lipinski definition) is 2. The second-order valence-corrected chi connectivity index (χ2v) is 5.66. The maximum Gasteiger partial charge on any atom is 0.161 e. The molecule has 2 nitrogen and oxygen atoms in total. The largest absolute Gasteiger partial charge is 0.388 e. The van der Waals surface area contributed by atoms with Crippen molar-refractivity contribution >= 4 is 5.78 Å². The van der Waals surface area contributed by atoms with Crippen molar-refractivity contribution in [3.63, 3.8) is 0 Å². The van der Waals surface area contributed by atoms with E-state index in [1.165, 1.54) is 6.42 Å². The molecule has 3 aliphatic carbocycles. The van der Waals surface area contributed by atoms with Crippen LogP contribution in [0.3, 0.4) is 0 Å². The minimum absolute atomic E-state index is 0.166. The molecule has 2 bridgehead atoms. The molecule has 3 aliphatic rings. The van der Waals surface area contributed by atoms with Crippen LogP contribution in [0.5, 0.6) is 0 Å². The molecule has 0 aromatic carbocycles. The molecule has 0 heterocycles. The first-order valence-corrected chi connectivity index (χ1v) is 6.82. The minimum atomic E-state index is -0.519.